The highest BCUT2D eigenvalue weighted by Crippen LogP contribution is 2.09. The fourth-order valence-electron chi connectivity index (χ4n) is 1.79. The van der Waals surface area contributed by atoms with Gasteiger partial charge in [-0.25, -0.2) is 0 Å². The molecule has 1 unspecified atom stereocenters. The van der Waals surface area contributed by atoms with Crippen LogP contribution in [-0.4, -0.2) is 30.9 Å². The zero-order chi connectivity index (χ0) is 10.5. The Kier molecular flexibility index (Phi) is 3.72. The molecule has 1 aromatic carbocycles. The van der Waals surface area contributed by atoms with E-state index in [4.69, 9.17) is 9.84 Å². The van der Waals surface area contributed by atoms with Gasteiger partial charge in [-0.2, -0.15) is 0 Å². The van der Waals surface area contributed by atoms with Crippen LogP contribution in [0.3, 0.4) is 0 Å². The maximum Gasteiger partial charge on any atom is 0.0740 e. The van der Waals surface area contributed by atoms with Crippen molar-refractivity contribution in [3.05, 3.63) is 35.4 Å². The predicted molar refractivity (Wildman–Crippen MR) is 58.7 cm³/mol. The number of aliphatic hydroxyl groups excluding tert-OH is 1. The third-order valence-corrected chi connectivity index (χ3v) is 2.67. The molecule has 3 heteroatoms. The molecule has 0 saturated carbocycles. The van der Waals surface area contributed by atoms with Crippen LogP contribution in [0.4, 0.5) is 0 Å². The van der Waals surface area contributed by atoms with Gasteiger partial charge in [0.2, 0.25) is 0 Å². The summed E-state index contributed by atoms with van der Waals surface area (Å²) in [6, 6.07) is 8.05. The molecule has 2 N–H and O–H groups in total. The van der Waals surface area contributed by atoms with Crippen molar-refractivity contribution in [3.63, 3.8) is 0 Å². The molecule has 0 aliphatic carbocycles. The first kappa shape index (κ1) is 10.6. The number of nitrogens with one attached hydrogen (secondary N) is 1. The highest BCUT2D eigenvalue weighted by molar-refractivity contribution is 5.22. The van der Waals surface area contributed by atoms with E-state index in [1.807, 2.05) is 12.1 Å². The summed E-state index contributed by atoms with van der Waals surface area (Å²) in [7, 11) is 0. The molecular formula is C12H17NO2. The molecule has 1 aromatic rings. The Bertz CT molecular complexity index is 291. The van der Waals surface area contributed by atoms with Crippen LogP contribution in [0, 0.1) is 0 Å². The maximum absolute atomic E-state index is 8.92. The molecule has 1 aliphatic rings. The molecule has 0 spiro atoms. The average molecular weight is 207 g/mol. The number of ether oxygens (including phenoxy) is 1. The Labute approximate surface area is 90.1 Å². The van der Waals surface area contributed by atoms with Crippen molar-refractivity contribution in [2.75, 3.05) is 19.7 Å². The Morgan fingerprint density at radius 1 is 1.27 bits per heavy atom. The van der Waals surface area contributed by atoms with Crippen LogP contribution in [0.2, 0.25) is 0 Å². The second-order valence-corrected chi connectivity index (χ2v) is 3.88. The third kappa shape index (κ3) is 3.02. The number of aliphatic hydroxyl groups is 1. The number of benzene rings is 1. The van der Waals surface area contributed by atoms with Gasteiger partial charge in [-0.1, -0.05) is 24.3 Å². The van der Waals surface area contributed by atoms with Crippen LogP contribution in [0.25, 0.3) is 0 Å². The molecule has 2 rings (SSSR count). The fraction of sp³-hybridized carbons (Fsp3) is 0.500. The lowest BCUT2D eigenvalue weighted by Crippen LogP contribution is -2.39. The van der Waals surface area contributed by atoms with E-state index in [1.165, 1.54) is 5.56 Å². The molecule has 0 amide bonds. The maximum atomic E-state index is 8.92. The van der Waals surface area contributed by atoms with Crippen LogP contribution in [-0.2, 0) is 17.8 Å². The predicted octanol–water partition coefficient (Wildman–Crippen LogP) is 0.710. The molecule has 3 nitrogen and oxygen atoms in total. The SMILES string of the molecule is OCc1ccc(CC2CNCCO2)cc1. The van der Waals surface area contributed by atoms with Crippen LogP contribution >= 0.6 is 0 Å². The summed E-state index contributed by atoms with van der Waals surface area (Å²) in [6.45, 7) is 2.81. The van der Waals surface area contributed by atoms with Crippen LogP contribution in [0.5, 0.6) is 0 Å². The van der Waals surface area contributed by atoms with Crippen molar-refractivity contribution < 1.29 is 9.84 Å². The first-order chi connectivity index (χ1) is 7.38. The minimum absolute atomic E-state index is 0.113. The minimum Gasteiger partial charge on any atom is -0.392 e. The van der Waals surface area contributed by atoms with Crippen LogP contribution in [0.15, 0.2) is 24.3 Å². The smallest absolute Gasteiger partial charge is 0.0740 e. The van der Waals surface area contributed by atoms with Gasteiger partial charge in [0.05, 0.1) is 19.3 Å². The van der Waals surface area contributed by atoms with Gasteiger partial charge in [0.1, 0.15) is 0 Å². The van der Waals surface area contributed by atoms with E-state index < -0.39 is 0 Å². The van der Waals surface area contributed by atoms with E-state index >= 15 is 0 Å². The minimum atomic E-state index is 0.113. The molecule has 0 aromatic heterocycles. The topological polar surface area (TPSA) is 41.5 Å². The summed E-state index contributed by atoms with van der Waals surface area (Å²) in [5.41, 5.74) is 2.22. The molecule has 1 atom stereocenters. The van der Waals surface area contributed by atoms with Gasteiger partial charge in [-0.3, -0.25) is 0 Å². The van der Waals surface area contributed by atoms with Gasteiger partial charge < -0.3 is 15.2 Å². The van der Waals surface area contributed by atoms with Gasteiger partial charge in [0, 0.05) is 13.1 Å². The van der Waals surface area contributed by atoms with E-state index in [0.717, 1.165) is 31.7 Å². The fourth-order valence-corrected chi connectivity index (χ4v) is 1.79. The van der Waals surface area contributed by atoms with Crippen LogP contribution < -0.4 is 5.32 Å². The lowest BCUT2D eigenvalue weighted by Gasteiger charge is -2.23. The van der Waals surface area contributed by atoms with Crippen molar-refractivity contribution in [1.82, 2.24) is 5.32 Å². The molecule has 0 bridgehead atoms. The van der Waals surface area contributed by atoms with Gasteiger partial charge in [-0.05, 0) is 17.5 Å². The lowest BCUT2D eigenvalue weighted by molar-refractivity contribution is 0.0292. The van der Waals surface area contributed by atoms with E-state index in [0.29, 0.717) is 6.10 Å². The van der Waals surface area contributed by atoms with E-state index in [-0.39, 0.29) is 6.61 Å². The van der Waals surface area contributed by atoms with Gasteiger partial charge in [-0.15, -0.1) is 0 Å². The first-order valence-corrected chi connectivity index (χ1v) is 5.39. The van der Waals surface area contributed by atoms with Crippen molar-refractivity contribution in [1.29, 1.82) is 0 Å². The number of hydrogen-bond acceptors (Lipinski definition) is 3. The van der Waals surface area contributed by atoms with Crippen LogP contribution in [0.1, 0.15) is 11.1 Å². The van der Waals surface area contributed by atoms with Crippen molar-refractivity contribution >= 4 is 0 Å². The summed E-state index contributed by atoms with van der Waals surface area (Å²) < 4.78 is 5.63. The quantitative estimate of drug-likeness (QED) is 0.767. The Balaban J connectivity index is 1.91. The summed E-state index contributed by atoms with van der Waals surface area (Å²) in [5, 5.41) is 12.2. The normalized spacial score (nSPS) is 21.5. The number of rotatable bonds is 3. The molecule has 15 heavy (non-hydrogen) atoms. The summed E-state index contributed by atoms with van der Waals surface area (Å²) >= 11 is 0. The van der Waals surface area contributed by atoms with Gasteiger partial charge >= 0.3 is 0 Å². The Morgan fingerprint density at radius 3 is 2.60 bits per heavy atom. The highest BCUT2D eigenvalue weighted by Gasteiger charge is 2.13. The van der Waals surface area contributed by atoms with E-state index in [1.54, 1.807) is 0 Å². The molecule has 82 valence electrons. The largest absolute Gasteiger partial charge is 0.392 e. The van der Waals surface area contributed by atoms with Gasteiger partial charge in [0.15, 0.2) is 0 Å². The monoisotopic (exact) mass is 207 g/mol. The van der Waals surface area contributed by atoms with E-state index in [2.05, 4.69) is 17.4 Å². The zero-order valence-electron chi connectivity index (χ0n) is 8.78. The van der Waals surface area contributed by atoms with Crippen molar-refractivity contribution in [2.24, 2.45) is 0 Å². The first-order valence-electron chi connectivity index (χ1n) is 5.39. The summed E-state index contributed by atoms with van der Waals surface area (Å²) in [4.78, 5) is 0. The number of hydrogen-bond donors (Lipinski definition) is 2. The Hall–Kier alpha value is -0.900. The van der Waals surface area contributed by atoms with E-state index in [9.17, 15) is 0 Å². The zero-order valence-corrected chi connectivity index (χ0v) is 8.78. The van der Waals surface area contributed by atoms with Gasteiger partial charge in [0.25, 0.3) is 0 Å². The standard InChI is InChI=1S/C12H17NO2/c14-9-11-3-1-10(2-4-11)7-12-8-13-5-6-15-12/h1-4,12-14H,5-9H2. The summed E-state index contributed by atoms with van der Waals surface area (Å²) in [5.74, 6) is 0. The molecule has 1 heterocycles. The molecule has 1 saturated heterocycles. The lowest BCUT2D eigenvalue weighted by atomic mass is 10.1. The average Bonchev–Trinajstić information content (AvgIpc) is 2.31. The Morgan fingerprint density at radius 2 is 2.00 bits per heavy atom. The van der Waals surface area contributed by atoms with Crippen molar-refractivity contribution in [3.8, 4) is 0 Å². The molecule has 1 fully saturated rings. The molecular weight excluding hydrogens is 190 g/mol. The van der Waals surface area contributed by atoms with Crippen molar-refractivity contribution in [2.45, 2.75) is 19.1 Å². The molecule has 1 aliphatic heterocycles. The third-order valence-electron chi connectivity index (χ3n) is 2.67. The highest BCUT2D eigenvalue weighted by atomic mass is 16.5. The molecule has 0 radical (unpaired) electrons. The second kappa shape index (κ2) is 5.26. The second-order valence-electron chi connectivity index (χ2n) is 3.88. The number of morpholine rings is 1. The summed E-state index contributed by atoms with van der Waals surface area (Å²) in [6.07, 6.45) is 1.23.